The number of pyridine rings is 1. The van der Waals surface area contributed by atoms with Gasteiger partial charge in [0.05, 0.1) is 19.3 Å². The highest BCUT2D eigenvalue weighted by molar-refractivity contribution is 5.91. The minimum absolute atomic E-state index is 0.255. The number of amides is 1. The molecule has 2 rings (SSSR count). The smallest absolute Gasteiger partial charge is 0.273 e. The summed E-state index contributed by atoms with van der Waals surface area (Å²) in [7, 11) is 0. The number of rotatable bonds is 7. The lowest BCUT2D eigenvalue weighted by Gasteiger charge is -2.08. The molecule has 0 aliphatic rings. The number of carbonyl (C=O) groups excluding carboxylic acids is 1. The molecule has 3 N–H and O–H groups in total. The molecule has 0 fully saturated rings. The zero-order valence-corrected chi connectivity index (χ0v) is 11.8. The van der Waals surface area contributed by atoms with E-state index in [0.29, 0.717) is 32.1 Å². The Kier molecular flexibility index (Phi) is 5.22. The lowest BCUT2D eigenvalue weighted by molar-refractivity contribution is 0.0945. The maximum atomic E-state index is 12.0. The van der Waals surface area contributed by atoms with E-state index in [9.17, 15) is 4.79 Å². The zero-order valence-electron chi connectivity index (χ0n) is 11.8. The molecule has 21 heavy (non-hydrogen) atoms. The molecule has 0 aromatic carbocycles. The third-order valence-electron chi connectivity index (χ3n) is 2.70. The second-order valence-electron chi connectivity index (χ2n) is 4.24. The van der Waals surface area contributed by atoms with E-state index in [4.69, 9.17) is 10.5 Å². The normalized spacial score (nSPS) is 10.4. The number of ether oxygens (including phenoxy) is 1. The minimum Gasteiger partial charge on any atom is -0.478 e. The van der Waals surface area contributed by atoms with Gasteiger partial charge in [0.2, 0.25) is 5.88 Å². The molecule has 2 aromatic rings. The maximum Gasteiger partial charge on any atom is 0.273 e. The van der Waals surface area contributed by atoms with E-state index in [1.165, 1.54) is 4.68 Å². The lowest BCUT2D eigenvalue weighted by atomic mass is 10.2. The van der Waals surface area contributed by atoms with Gasteiger partial charge in [-0.1, -0.05) is 11.3 Å². The Hall–Kier alpha value is -2.48. The molecule has 2 aromatic heterocycles. The van der Waals surface area contributed by atoms with E-state index < -0.39 is 0 Å². The number of aromatic nitrogens is 4. The average Bonchev–Trinajstić information content (AvgIpc) is 2.95. The number of nitrogens with zero attached hydrogens (tertiary/aromatic N) is 4. The van der Waals surface area contributed by atoms with Gasteiger partial charge in [-0.2, -0.15) is 0 Å². The van der Waals surface area contributed by atoms with Crippen LogP contribution in [0.4, 0.5) is 0 Å². The van der Waals surface area contributed by atoms with Gasteiger partial charge in [-0.25, -0.2) is 4.98 Å². The highest BCUT2D eigenvalue weighted by atomic mass is 16.5. The predicted octanol–water partition coefficient (Wildman–Crippen LogP) is -0.0395. The first-order valence-electron chi connectivity index (χ1n) is 6.69. The first kappa shape index (κ1) is 14.9. The molecule has 8 nitrogen and oxygen atoms in total. The van der Waals surface area contributed by atoms with Crippen molar-refractivity contribution in [3.8, 4) is 5.88 Å². The molecular weight excluding hydrogens is 272 g/mol. The van der Waals surface area contributed by atoms with E-state index in [1.54, 1.807) is 18.5 Å². The van der Waals surface area contributed by atoms with Crippen LogP contribution in [-0.4, -0.2) is 39.0 Å². The van der Waals surface area contributed by atoms with Gasteiger partial charge in [0.1, 0.15) is 0 Å². The SMILES string of the molecule is CCOc1ncccc1CNC(=O)c1cn(CCN)nn1. The average molecular weight is 290 g/mol. The van der Waals surface area contributed by atoms with Crippen LogP contribution >= 0.6 is 0 Å². The number of nitrogens with one attached hydrogen (secondary N) is 1. The molecule has 2 heterocycles. The number of carbonyl (C=O) groups is 1. The molecule has 0 bridgehead atoms. The minimum atomic E-state index is -0.301. The third kappa shape index (κ3) is 3.99. The van der Waals surface area contributed by atoms with Gasteiger partial charge in [-0.3, -0.25) is 9.48 Å². The largest absolute Gasteiger partial charge is 0.478 e. The van der Waals surface area contributed by atoms with Crippen LogP contribution in [0.1, 0.15) is 23.0 Å². The van der Waals surface area contributed by atoms with Gasteiger partial charge < -0.3 is 15.8 Å². The molecular formula is C13H18N6O2. The Morgan fingerprint density at radius 1 is 1.52 bits per heavy atom. The second kappa shape index (κ2) is 7.34. The van der Waals surface area contributed by atoms with Gasteiger partial charge in [0.25, 0.3) is 5.91 Å². The molecule has 0 aliphatic carbocycles. The van der Waals surface area contributed by atoms with Crippen LogP contribution in [-0.2, 0) is 13.1 Å². The van der Waals surface area contributed by atoms with Crippen LogP contribution in [0.2, 0.25) is 0 Å². The van der Waals surface area contributed by atoms with Gasteiger partial charge >= 0.3 is 0 Å². The summed E-state index contributed by atoms with van der Waals surface area (Å²) in [6.45, 7) is 3.68. The van der Waals surface area contributed by atoms with Crippen molar-refractivity contribution in [2.45, 2.75) is 20.0 Å². The number of hydrogen-bond acceptors (Lipinski definition) is 6. The van der Waals surface area contributed by atoms with Crippen LogP contribution in [0.25, 0.3) is 0 Å². The van der Waals surface area contributed by atoms with Crippen molar-refractivity contribution < 1.29 is 9.53 Å². The van der Waals surface area contributed by atoms with Crippen LogP contribution in [0.15, 0.2) is 24.5 Å². The fraction of sp³-hybridized carbons (Fsp3) is 0.385. The first-order chi connectivity index (χ1) is 10.2. The highest BCUT2D eigenvalue weighted by Gasteiger charge is 2.12. The summed E-state index contributed by atoms with van der Waals surface area (Å²) >= 11 is 0. The monoisotopic (exact) mass is 290 g/mol. The fourth-order valence-electron chi connectivity index (χ4n) is 1.74. The zero-order chi connectivity index (χ0) is 15.1. The van der Waals surface area contributed by atoms with Gasteiger partial charge in [-0.15, -0.1) is 5.10 Å². The van der Waals surface area contributed by atoms with Gasteiger partial charge in [0, 0.05) is 24.8 Å². The summed E-state index contributed by atoms with van der Waals surface area (Å²) in [5.41, 5.74) is 6.48. The van der Waals surface area contributed by atoms with Crippen molar-refractivity contribution in [1.29, 1.82) is 0 Å². The number of nitrogens with two attached hydrogens (primary N) is 1. The van der Waals surface area contributed by atoms with Crippen LogP contribution in [0.5, 0.6) is 5.88 Å². The fourth-order valence-corrected chi connectivity index (χ4v) is 1.74. The van der Waals surface area contributed by atoms with Crippen molar-refractivity contribution in [2.75, 3.05) is 13.2 Å². The van der Waals surface area contributed by atoms with E-state index in [1.807, 2.05) is 13.0 Å². The summed E-state index contributed by atoms with van der Waals surface area (Å²) in [6.07, 6.45) is 3.21. The molecule has 0 atom stereocenters. The molecule has 0 radical (unpaired) electrons. The molecule has 0 aliphatic heterocycles. The standard InChI is InChI=1S/C13H18N6O2/c1-2-21-13-10(4-3-6-15-13)8-16-12(20)11-9-19(7-5-14)18-17-11/h3-4,6,9H,2,5,7-8,14H2,1H3,(H,16,20). The predicted molar refractivity (Wildman–Crippen MR) is 75.7 cm³/mol. The number of hydrogen-bond donors (Lipinski definition) is 2. The van der Waals surface area contributed by atoms with Crippen molar-refractivity contribution in [2.24, 2.45) is 5.73 Å². The lowest BCUT2D eigenvalue weighted by Crippen LogP contribution is -2.23. The van der Waals surface area contributed by atoms with E-state index in [0.717, 1.165) is 5.56 Å². The second-order valence-corrected chi connectivity index (χ2v) is 4.24. The Morgan fingerprint density at radius 2 is 2.38 bits per heavy atom. The van der Waals surface area contributed by atoms with E-state index >= 15 is 0 Å². The van der Waals surface area contributed by atoms with Crippen LogP contribution < -0.4 is 15.8 Å². The molecule has 1 amide bonds. The summed E-state index contributed by atoms with van der Waals surface area (Å²) in [6, 6.07) is 3.64. The molecule has 112 valence electrons. The maximum absolute atomic E-state index is 12.0. The van der Waals surface area contributed by atoms with Crippen molar-refractivity contribution >= 4 is 5.91 Å². The Labute approximate surface area is 122 Å². The van der Waals surface area contributed by atoms with Gasteiger partial charge in [-0.05, 0) is 13.0 Å². The molecule has 0 saturated heterocycles. The summed E-state index contributed by atoms with van der Waals surface area (Å²) in [4.78, 5) is 16.1. The van der Waals surface area contributed by atoms with E-state index in [2.05, 4.69) is 20.6 Å². The van der Waals surface area contributed by atoms with Crippen molar-refractivity contribution in [3.05, 3.63) is 35.8 Å². The molecule has 0 saturated carbocycles. The van der Waals surface area contributed by atoms with Gasteiger partial charge in [0.15, 0.2) is 5.69 Å². The third-order valence-corrected chi connectivity index (χ3v) is 2.70. The molecule has 8 heteroatoms. The Balaban J connectivity index is 1.97. The summed E-state index contributed by atoms with van der Waals surface area (Å²) in [5, 5.41) is 10.4. The summed E-state index contributed by atoms with van der Waals surface area (Å²) < 4.78 is 6.94. The van der Waals surface area contributed by atoms with Crippen molar-refractivity contribution in [3.63, 3.8) is 0 Å². The van der Waals surface area contributed by atoms with Crippen molar-refractivity contribution in [1.82, 2.24) is 25.3 Å². The Morgan fingerprint density at radius 3 is 3.14 bits per heavy atom. The quantitative estimate of drug-likeness (QED) is 0.741. The molecule has 0 spiro atoms. The van der Waals surface area contributed by atoms with Crippen LogP contribution in [0, 0.1) is 0 Å². The van der Waals surface area contributed by atoms with E-state index in [-0.39, 0.29) is 11.6 Å². The first-order valence-corrected chi connectivity index (χ1v) is 6.69. The summed E-state index contributed by atoms with van der Waals surface area (Å²) in [5.74, 6) is 0.219. The topological polar surface area (TPSA) is 108 Å². The Bertz CT molecular complexity index is 598. The van der Waals surface area contributed by atoms with Crippen LogP contribution in [0.3, 0.4) is 0 Å². The molecule has 0 unspecified atom stereocenters. The highest BCUT2D eigenvalue weighted by Crippen LogP contribution is 2.13.